The molecule has 0 saturated carbocycles. The fourth-order valence-corrected chi connectivity index (χ4v) is 3.82. The molecule has 0 spiro atoms. The van der Waals surface area contributed by atoms with Crippen molar-refractivity contribution in [3.63, 3.8) is 0 Å². The number of aryl methyl sites for hydroxylation is 1. The van der Waals surface area contributed by atoms with Crippen molar-refractivity contribution in [2.24, 2.45) is 0 Å². The number of thiophene rings is 1. The molecular weight excluding hydrogens is 344 g/mol. The standard InChI is InChI=1S/C20H18N4OS/c1-2-12-24-16-8-4-3-7-15(16)23-19(24)17-9-10-18(26-17)20(25)22-14-6-5-11-21-13-14/h3-11,13H,2,12H2,1H3,(H,22,25). The number of rotatable bonds is 5. The maximum atomic E-state index is 12.5. The van der Waals surface area contributed by atoms with E-state index in [4.69, 9.17) is 4.98 Å². The lowest BCUT2D eigenvalue weighted by molar-refractivity contribution is 0.103. The molecule has 1 aromatic carbocycles. The van der Waals surface area contributed by atoms with Crippen LogP contribution in [0.2, 0.25) is 0 Å². The predicted octanol–water partition coefficient (Wildman–Crippen LogP) is 4.82. The zero-order valence-electron chi connectivity index (χ0n) is 14.3. The Kier molecular flexibility index (Phi) is 4.50. The van der Waals surface area contributed by atoms with Gasteiger partial charge in [-0.05, 0) is 42.8 Å². The number of pyridine rings is 1. The van der Waals surface area contributed by atoms with Crippen LogP contribution in [0.25, 0.3) is 21.7 Å². The predicted molar refractivity (Wildman–Crippen MR) is 106 cm³/mol. The van der Waals surface area contributed by atoms with Crippen molar-refractivity contribution in [2.75, 3.05) is 5.32 Å². The molecule has 0 aliphatic heterocycles. The average molecular weight is 362 g/mol. The van der Waals surface area contributed by atoms with Crippen LogP contribution >= 0.6 is 11.3 Å². The van der Waals surface area contributed by atoms with Crippen LogP contribution < -0.4 is 5.32 Å². The number of carbonyl (C=O) groups excluding carboxylic acids is 1. The van der Waals surface area contributed by atoms with Crippen LogP contribution in [0.15, 0.2) is 60.9 Å². The maximum absolute atomic E-state index is 12.5. The Balaban J connectivity index is 1.67. The third-order valence-electron chi connectivity index (χ3n) is 4.07. The topological polar surface area (TPSA) is 59.8 Å². The molecule has 6 heteroatoms. The molecule has 3 aromatic heterocycles. The van der Waals surface area contributed by atoms with E-state index in [2.05, 4.69) is 27.9 Å². The molecule has 130 valence electrons. The lowest BCUT2D eigenvalue weighted by Crippen LogP contribution is -2.09. The quantitative estimate of drug-likeness (QED) is 0.553. The molecule has 4 aromatic rings. The smallest absolute Gasteiger partial charge is 0.265 e. The summed E-state index contributed by atoms with van der Waals surface area (Å²) in [6, 6.07) is 15.6. The Morgan fingerprint density at radius 1 is 1.15 bits per heavy atom. The van der Waals surface area contributed by atoms with Gasteiger partial charge in [-0.1, -0.05) is 19.1 Å². The molecular formula is C20H18N4OS. The first-order valence-electron chi connectivity index (χ1n) is 8.53. The van der Waals surface area contributed by atoms with E-state index in [0.717, 1.165) is 34.7 Å². The number of benzene rings is 1. The van der Waals surface area contributed by atoms with Gasteiger partial charge in [-0.25, -0.2) is 4.98 Å². The lowest BCUT2D eigenvalue weighted by Gasteiger charge is -2.06. The molecule has 26 heavy (non-hydrogen) atoms. The number of amides is 1. The van der Waals surface area contributed by atoms with Crippen LogP contribution in [-0.4, -0.2) is 20.4 Å². The summed E-state index contributed by atoms with van der Waals surface area (Å²) in [5, 5.41) is 2.87. The number of carbonyl (C=O) groups is 1. The molecule has 1 N–H and O–H groups in total. The number of aromatic nitrogens is 3. The SMILES string of the molecule is CCCn1c(-c2ccc(C(=O)Nc3cccnc3)s2)nc2ccccc21. The van der Waals surface area contributed by atoms with E-state index in [1.54, 1.807) is 18.5 Å². The highest BCUT2D eigenvalue weighted by atomic mass is 32.1. The van der Waals surface area contributed by atoms with Crippen LogP contribution in [0, 0.1) is 0 Å². The Hall–Kier alpha value is -2.99. The Labute approximate surface area is 155 Å². The number of para-hydroxylation sites is 2. The number of hydrogen-bond acceptors (Lipinski definition) is 4. The van der Waals surface area contributed by atoms with Gasteiger partial charge in [0.25, 0.3) is 5.91 Å². The summed E-state index contributed by atoms with van der Waals surface area (Å²) < 4.78 is 2.23. The molecule has 0 atom stereocenters. The largest absolute Gasteiger partial charge is 0.323 e. The van der Waals surface area contributed by atoms with E-state index < -0.39 is 0 Å². The highest BCUT2D eigenvalue weighted by molar-refractivity contribution is 7.17. The minimum atomic E-state index is -0.132. The minimum absolute atomic E-state index is 0.132. The average Bonchev–Trinajstić information content (AvgIpc) is 3.28. The third kappa shape index (κ3) is 3.11. The minimum Gasteiger partial charge on any atom is -0.323 e. The fourth-order valence-electron chi connectivity index (χ4n) is 2.92. The zero-order chi connectivity index (χ0) is 17.9. The molecule has 0 fully saturated rings. The number of fused-ring (bicyclic) bond motifs is 1. The summed E-state index contributed by atoms with van der Waals surface area (Å²) in [4.78, 5) is 22.9. The highest BCUT2D eigenvalue weighted by Crippen LogP contribution is 2.31. The van der Waals surface area contributed by atoms with E-state index in [0.29, 0.717) is 10.6 Å². The van der Waals surface area contributed by atoms with Crippen molar-refractivity contribution in [3.05, 3.63) is 65.8 Å². The summed E-state index contributed by atoms with van der Waals surface area (Å²) in [5.41, 5.74) is 2.79. The highest BCUT2D eigenvalue weighted by Gasteiger charge is 2.16. The van der Waals surface area contributed by atoms with E-state index in [1.165, 1.54) is 11.3 Å². The molecule has 0 unspecified atom stereocenters. The first-order chi connectivity index (χ1) is 12.8. The summed E-state index contributed by atoms with van der Waals surface area (Å²) in [6.45, 7) is 3.05. The number of nitrogens with zero attached hydrogens (tertiary/aromatic N) is 3. The summed E-state index contributed by atoms with van der Waals surface area (Å²) in [7, 11) is 0. The lowest BCUT2D eigenvalue weighted by atomic mass is 10.3. The first-order valence-corrected chi connectivity index (χ1v) is 9.35. The second-order valence-electron chi connectivity index (χ2n) is 5.94. The van der Waals surface area contributed by atoms with E-state index in [1.807, 2.05) is 36.4 Å². The van der Waals surface area contributed by atoms with Gasteiger partial charge in [-0.3, -0.25) is 9.78 Å². The normalized spacial score (nSPS) is 11.0. The van der Waals surface area contributed by atoms with Gasteiger partial charge in [-0.15, -0.1) is 11.3 Å². The maximum Gasteiger partial charge on any atom is 0.265 e. The van der Waals surface area contributed by atoms with Gasteiger partial charge in [0.15, 0.2) is 5.82 Å². The molecule has 0 aliphatic carbocycles. The Bertz CT molecular complexity index is 1050. The van der Waals surface area contributed by atoms with E-state index >= 15 is 0 Å². The molecule has 4 rings (SSSR count). The molecule has 0 saturated heterocycles. The van der Waals surface area contributed by atoms with Crippen LogP contribution in [0.3, 0.4) is 0 Å². The van der Waals surface area contributed by atoms with Gasteiger partial charge >= 0.3 is 0 Å². The molecule has 0 aliphatic rings. The van der Waals surface area contributed by atoms with Gasteiger partial charge in [0, 0.05) is 12.7 Å². The monoisotopic (exact) mass is 362 g/mol. The second-order valence-corrected chi connectivity index (χ2v) is 7.02. The summed E-state index contributed by atoms with van der Waals surface area (Å²) in [6.07, 6.45) is 4.33. The van der Waals surface area contributed by atoms with Crippen molar-refractivity contribution in [1.29, 1.82) is 0 Å². The van der Waals surface area contributed by atoms with Crippen molar-refractivity contribution < 1.29 is 4.79 Å². The van der Waals surface area contributed by atoms with Gasteiger partial charge < -0.3 is 9.88 Å². The van der Waals surface area contributed by atoms with Crippen LogP contribution in [0.4, 0.5) is 5.69 Å². The zero-order valence-corrected chi connectivity index (χ0v) is 15.2. The van der Waals surface area contributed by atoms with Gasteiger partial charge in [0.2, 0.25) is 0 Å². The van der Waals surface area contributed by atoms with Gasteiger partial charge in [0.1, 0.15) is 0 Å². The Morgan fingerprint density at radius 2 is 2.04 bits per heavy atom. The van der Waals surface area contributed by atoms with Crippen LogP contribution in [0.5, 0.6) is 0 Å². The molecule has 0 radical (unpaired) electrons. The third-order valence-corrected chi connectivity index (χ3v) is 5.15. The van der Waals surface area contributed by atoms with Crippen molar-refractivity contribution in [3.8, 4) is 10.7 Å². The fraction of sp³-hybridized carbons (Fsp3) is 0.150. The number of nitrogens with one attached hydrogen (secondary N) is 1. The summed E-state index contributed by atoms with van der Waals surface area (Å²) >= 11 is 1.45. The van der Waals surface area contributed by atoms with Crippen LogP contribution in [-0.2, 0) is 6.54 Å². The number of hydrogen-bond donors (Lipinski definition) is 1. The van der Waals surface area contributed by atoms with Crippen molar-refractivity contribution in [1.82, 2.24) is 14.5 Å². The Morgan fingerprint density at radius 3 is 2.85 bits per heavy atom. The van der Waals surface area contributed by atoms with Gasteiger partial charge in [0.05, 0.1) is 32.7 Å². The van der Waals surface area contributed by atoms with Crippen molar-refractivity contribution in [2.45, 2.75) is 19.9 Å². The van der Waals surface area contributed by atoms with Crippen molar-refractivity contribution >= 4 is 34.0 Å². The number of anilines is 1. The van der Waals surface area contributed by atoms with Gasteiger partial charge in [-0.2, -0.15) is 0 Å². The molecule has 5 nitrogen and oxygen atoms in total. The second kappa shape index (κ2) is 7.09. The first kappa shape index (κ1) is 16.5. The summed E-state index contributed by atoms with van der Waals surface area (Å²) in [5.74, 6) is 0.783. The van der Waals surface area contributed by atoms with E-state index in [-0.39, 0.29) is 5.91 Å². The molecule has 1 amide bonds. The molecule has 3 heterocycles. The molecule has 0 bridgehead atoms. The van der Waals surface area contributed by atoms with Crippen LogP contribution in [0.1, 0.15) is 23.0 Å². The number of imidazole rings is 1. The van der Waals surface area contributed by atoms with E-state index in [9.17, 15) is 4.79 Å².